The zero-order chi connectivity index (χ0) is 22.4. The van der Waals surface area contributed by atoms with Crippen molar-refractivity contribution in [2.24, 2.45) is 0 Å². The van der Waals surface area contributed by atoms with Gasteiger partial charge >= 0.3 is 0 Å². The molecule has 31 heavy (non-hydrogen) atoms. The van der Waals surface area contributed by atoms with Gasteiger partial charge < -0.3 is 4.90 Å². The van der Waals surface area contributed by atoms with Gasteiger partial charge in [0, 0.05) is 23.6 Å². The molecular formula is C23H19BrN2O4S. The molecule has 0 saturated carbocycles. The van der Waals surface area contributed by atoms with Gasteiger partial charge in [-0.15, -0.1) is 0 Å². The summed E-state index contributed by atoms with van der Waals surface area (Å²) in [6.45, 7) is 0.241. The van der Waals surface area contributed by atoms with Gasteiger partial charge in [-0.2, -0.15) is 13.7 Å². The first-order valence-electron chi connectivity index (χ1n) is 9.28. The van der Waals surface area contributed by atoms with Gasteiger partial charge in [0.15, 0.2) is 0 Å². The van der Waals surface area contributed by atoms with Gasteiger partial charge in [-0.05, 0) is 41.5 Å². The fraction of sp³-hybridized carbons (Fsp3) is 0.130. The van der Waals surface area contributed by atoms with Crippen molar-refractivity contribution in [2.75, 3.05) is 7.05 Å². The van der Waals surface area contributed by atoms with Crippen molar-refractivity contribution in [2.45, 2.75) is 18.0 Å². The van der Waals surface area contributed by atoms with Crippen LogP contribution in [0.3, 0.4) is 0 Å². The first kappa shape index (κ1) is 22.7. The van der Waals surface area contributed by atoms with Gasteiger partial charge in [-0.3, -0.25) is 8.98 Å². The fourth-order valence-electron chi connectivity index (χ4n) is 2.90. The minimum Gasteiger partial charge on any atom is -0.337 e. The molecule has 0 aliphatic heterocycles. The summed E-state index contributed by atoms with van der Waals surface area (Å²) in [5.74, 6) is -0.154. The quantitative estimate of drug-likeness (QED) is 0.447. The maximum atomic E-state index is 12.7. The van der Waals surface area contributed by atoms with E-state index in [-0.39, 0.29) is 23.0 Å². The first-order valence-corrected chi connectivity index (χ1v) is 11.5. The van der Waals surface area contributed by atoms with Crippen molar-refractivity contribution in [3.63, 3.8) is 0 Å². The van der Waals surface area contributed by atoms with Gasteiger partial charge in [0.25, 0.3) is 16.0 Å². The van der Waals surface area contributed by atoms with Crippen LogP contribution >= 0.6 is 15.9 Å². The Kier molecular flexibility index (Phi) is 7.23. The number of hydrogen-bond acceptors (Lipinski definition) is 5. The van der Waals surface area contributed by atoms with Crippen LogP contribution in [0.15, 0.2) is 82.2 Å². The Morgan fingerprint density at radius 1 is 1.03 bits per heavy atom. The van der Waals surface area contributed by atoms with Crippen molar-refractivity contribution in [3.8, 4) is 6.07 Å². The highest BCUT2D eigenvalue weighted by molar-refractivity contribution is 9.10. The Hall–Kier alpha value is -2.99. The van der Waals surface area contributed by atoms with E-state index >= 15 is 0 Å². The van der Waals surface area contributed by atoms with Crippen LogP contribution in [0.2, 0.25) is 0 Å². The molecule has 0 unspecified atom stereocenters. The van der Waals surface area contributed by atoms with E-state index in [0.29, 0.717) is 17.7 Å². The second-order valence-corrected chi connectivity index (χ2v) is 9.21. The highest BCUT2D eigenvalue weighted by Gasteiger charge is 2.19. The van der Waals surface area contributed by atoms with E-state index in [1.807, 2.05) is 30.3 Å². The minimum absolute atomic E-state index is 0.0246. The predicted octanol–water partition coefficient (Wildman–Crippen LogP) is 4.50. The Morgan fingerprint density at radius 3 is 2.35 bits per heavy atom. The molecule has 1 amide bonds. The topological polar surface area (TPSA) is 87.5 Å². The third-order valence-corrected chi connectivity index (χ3v) is 6.67. The lowest BCUT2D eigenvalue weighted by Gasteiger charge is -2.18. The maximum Gasteiger partial charge on any atom is 0.298 e. The van der Waals surface area contributed by atoms with E-state index in [4.69, 9.17) is 9.44 Å². The maximum absolute atomic E-state index is 12.7. The number of carbonyl (C=O) groups excluding carboxylic acids is 1. The molecule has 0 N–H and O–H groups in total. The minimum atomic E-state index is -4.08. The number of nitrogens with zero attached hydrogens (tertiary/aromatic N) is 2. The molecular weight excluding hydrogens is 480 g/mol. The summed E-state index contributed by atoms with van der Waals surface area (Å²) in [7, 11) is -2.36. The molecule has 0 bridgehead atoms. The Labute approximate surface area is 189 Å². The Morgan fingerprint density at radius 2 is 1.68 bits per heavy atom. The van der Waals surface area contributed by atoms with E-state index in [9.17, 15) is 13.2 Å². The molecule has 0 aliphatic rings. The molecule has 0 aromatic heterocycles. The SMILES string of the molecule is CN(Cc1ccccc1Br)C(=O)c1ccc(COS(=O)(=O)c2ccccc2C#N)cc1. The van der Waals surface area contributed by atoms with E-state index in [1.165, 1.54) is 18.2 Å². The molecule has 158 valence electrons. The third-order valence-electron chi connectivity index (χ3n) is 4.57. The van der Waals surface area contributed by atoms with Crippen molar-refractivity contribution < 1.29 is 17.4 Å². The second-order valence-electron chi connectivity index (χ2n) is 6.77. The summed E-state index contributed by atoms with van der Waals surface area (Å²) in [6, 6.07) is 22.0. The summed E-state index contributed by atoms with van der Waals surface area (Å²) in [4.78, 5) is 14.1. The molecule has 0 fully saturated rings. The smallest absolute Gasteiger partial charge is 0.298 e. The first-order chi connectivity index (χ1) is 14.8. The van der Waals surface area contributed by atoms with Gasteiger partial charge in [0.2, 0.25) is 0 Å². The van der Waals surface area contributed by atoms with E-state index in [2.05, 4.69) is 15.9 Å². The molecule has 8 heteroatoms. The zero-order valence-electron chi connectivity index (χ0n) is 16.7. The van der Waals surface area contributed by atoms with Crippen LogP contribution in [0.5, 0.6) is 0 Å². The number of halogens is 1. The fourth-order valence-corrected chi connectivity index (χ4v) is 4.36. The highest BCUT2D eigenvalue weighted by atomic mass is 79.9. The summed E-state index contributed by atoms with van der Waals surface area (Å²) in [5, 5.41) is 9.09. The monoisotopic (exact) mass is 498 g/mol. The molecule has 6 nitrogen and oxygen atoms in total. The van der Waals surface area contributed by atoms with Crippen molar-refractivity contribution in [1.29, 1.82) is 5.26 Å². The van der Waals surface area contributed by atoms with E-state index < -0.39 is 10.1 Å². The van der Waals surface area contributed by atoms with Crippen molar-refractivity contribution in [1.82, 2.24) is 4.90 Å². The molecule has 0 atom stereocenters. The van der Waals surface area contributed by atoms with Crippen LogP contribution in [0.4, 0.5) is 0 Å². The van der Waals surface area contributed by atoms with Crippen LogP contribution in [0.25, 0.3) is 0 Å². The van der Waals surface area contributed by atoms with Gasteiger partial charge in [-0.25, -0.2) is 0 Å². The highest BCUT2D eigenvalue weighted by Crippen LogP contribution is 2.20. The van der Waals surface area contributed by atoms with Crippen LogP contribution in [-0.2, 0) is 27.5 Å². The molecule has 0 saturated heterocycles. The lowest BCUT2D eigenvalue weighted by molar-refractivity contribution is 0.0784. The number of hydrogen-bond donors (Lipinski definition) is 0. The van der Waals surface area contributed by atoms with Crippen LogP contribution in [0.1, 0.15) is 27.0 Å². The molecule has 0 spiro atoms. The van der Waals surface area contributed by atoms with Crippen LogP contribution < -0.4 is 0 Å². The predicted molar refractivity (Wildman–Crippen MR) is 120 cm³/mol. The molecule has 3 rings (SSSR count). The molecule has 0 aliphatic carbocycles. The number of rotatable bonds is 7. The number of amides is 1. The number of nitriles is 1. The van der Waals surface area contributed by atoms with E-state index in [1.54, 1.807) is 42.3 Å². The van der Waals surface area contributed by atoms with Crippen LogP contribution in [-0.4, -0.2) is 26.3 Å². The lowest BCUT2D eigenvalue weighted by atomic mass is 10.1. The summed E-state index contributed by atoms with van der Waals surface area (Å²) in [6.07, 6.45) is 0. The van der Waals surface area contributed by atoms with Gasteiger partial charge in [0.05, 0.1) is 12.2 Å². The second kappa shape index (κ2) is 9.88. The average Bonchev–Trinajstić information content (AvgIpc) is 2.79. The number of carbonyl (C=O) groups is 1. The molecule has 0 radical (unpaired) electrons. The Bertz CT molecular complexity index is 1230. The average molecular weight is 499 g/mol. The van der Waals surface area contributed by atoms with Crippen LogP contribution in [0, 0.1) is 11.3 Å². The zero-order valence-corrected chi connectivity index (χ0v) is 19.1. The molecule has 0 heterocycles. The Balaban J connectivity index is 1.65. The third kappa shape index (κ3) is 5.58. The largest absolute Gasteiger partial charge is 0.337 e. The van der Waals surface area contributed by atoms with E-state index in [0.717, 1.165) is 10.0 Å². The lowest BCUT2D eigenvalue weighted by Crippen LogP contribution is -2.26. The van der Waals surface area contributed by atoms with Crippen molar-refractivity contribution in [3.05, 3.63) is 99.5 Å². The summed E-state index contributed by atoms with van der Waals surface area (Å²) in [5.41, 5.74) is 2.08. The standard InChI is InChI=1S/C23H19BrN2O4S/c1-26(15-20-7-2-4-8-21(20)24)23(27)18-12-10-17(11-13-18)16-30-31(28,29)22-9-5-3-6-19(22)14-25/h2-13H,15-16H2,1H3. The molecule has 3 aromatic carbocycles. The van der Waals surface area contributed by atoms with Gasteiger partial charge in [-0.1, -0.05) is 58.4 Å². The molecule has 3 aromatic rings. The number of benzene rings is 3. The summed E-state index contributed by atoms with van der Waals surface area (Å²) >= 11 is 3.48. The summed E-state index contributed by atoms with van der Waals surface area (Å²) < 4.78 is 30.9. The van der Waals surface area contributed by atoms with Crippen molar-refractivity contribution >= 4 is 32.0 Å². The van der Waals surface area contributed by atoms with Gasteiger partial charge in [0.1, 0.15) is 11.0 Å². The normalized spacial score (nSPS) is 11.0.